The van der Waals surface area contributed by atoms with Crippen LogP contribution >= 0.6 is 0 Å². The molecule has 1 aromatic rings. The average molecular weight is 245 g/mol. The summed E-state index contributed by atoms with van der Waals surface area (Å²) in [4.78, 5) is 2.16. The summed E-state index contributed by atoms with van der Waals surface area (Å²) in [5.41, 5.74) is 7.60. The van der Waals surface area contributed by atoms with E-state index in [2.05, 4.69) is 11.0 Å². The Morgan fingerprint density at radius 1 is 1.44 bits per heavy atom. The summed E-state index contributed by atoms with van der Waals surface area (Å²) in [5.74, 6) is 0. The van der Waals surface area contributed by atoms with Crippen LogP contribution in [0.3, 0.4) is 0 Å². The Bertz CT molecular complexity index is 466. The number of nitrogens with two attached hydrogens (primary N) is 1. The predicted octanol–water partition coefficient (Wildman–Crippen LogP) is 1.37. The van der Waals surface area contributed by atoms with Crippen molar-refractivity contribution in [1.82, 2.24) is 0 Å². The molecule has 0 bridgehead atoms. The maximum absolute atomic E-state index is 9.94. The summed E-state index contributed by atoms with van der Waals surface area (Å²) in [6.07, 6.45) is 1.47. The summed E-state index contributed by atoms with van der Waals surface area (Å²) in [6, 6.07) is 8.00. The first kappa shape index (κ1) is 12.9. The average Bonchev–Trinajstić information content (AvgIpc) is 2.38. The van der Waals surface area contributed by atoms with Crippen LogP contribution in [0.1, 0.15) is 30.9 Å². The van der Waals surface area contributed by atoms with Crippen LogP contribution in [0, 0.1) is 11.3 Å². The first-order valence-corrected chi connectivity index (χ1v) is 6.26. The third kappa shape index (κ3) is 2.63. The van der Waals surface area contributed by atoms with Crippen molar-refractivity contribution in [3.8, 4) is 6.07 Å². The molecule has 1 aliphatic heterocycles. The molecule has 1 aromatic carbocycles. The van der Waals surface area contributed by atoms with Gasteiger partial charge in [0.2, 0.25) is 0 Å². The molecule has 1 saturated heterocycles. The Labute approximate surface area is 108 Å². The molecule has 0 unspecified atom stereocenters. The minimum absolute atomic E-state index is 0.448. The van der Waals surface area contributed by atoms with Gasteiger partial charge in [-0.2, -0.15) is 5.26 Å². The Morgan fingerprint density at radius 3 is 2.67 bits per heavy atom. The Morgan fingerprint density at radius 2 is 2.11 bits per heavy atom. The maximum atomic E-state index is 9.94. The number of hydrogen-bond acceptors (Lipinski definition) is 4. The van der Waals surface area contributed by atoms with E-state index in [0.717, 1.165) is 37.2 Å². The van der Waals surface area contributed by atoms with Crippen molar-refractivity contribution in [2.45, 2.75) is 31.9 Å². The van der Waals surface area contributed by atoms with E-state index < -0.39 is 5.60 Å². The van der Waals surface area contributed by atoms with Crippen LogP contribution < -0.4 is 10.6 Å². The second-order valence-electron chi connectivity index (χ2n) is 5.15. The molecule has 0 spiro atoms. The SMILES string of the molecule is CC1(O)CCN(c2ccc(CN)cc2C#N)CC1. The molecule has 0 amide bonds. The molecule has 0 saturated carbocycles. The second-order valence-corrected chi connectivity index (χ2v) is 5.15. The smallest absolute Gasteiger partial charge is 0.101 e. The van der Waals surface area contributed by atoms with Gasteiger partial charge >= 0.3 is 0 Å². The van der Waals surface area contributed by atoms with Gasteiger partial charge in [0, 0.05) is 19.6 Å². The van der Waals surface area contributed by atoms with E-state index in [1.165, 1.54) is 0 Å². The molecular formula is C14H19N3O. The standard InChI is InChI=1S/C14H19N3O/c1-14(18)4-6-17(7-5-14)13-3-2-11(9-15)8-12(13)10-16/h2-3,8,18H,4-7,9,15H2,1H3. The van der Waals surface area contributed by atoms with Crippen LogP contribution in [-0.4, -0.2) is 23.8 Å². The summed E-state index contributed by atoms with van der Waals surface area (Å²) < 4.78 is 0. The minimum Gasteiger partial charge on any atom is -0.390 e. The lowest BCUT2D eigenvalue weighted by Crippen LogP contribution is -2.42. The van der Waals surface area contributed by atoms with Crippen molar-refractivity contribution in [3.63, 3.8) is 0 Å². The van der Waals surface area contributed by atoms with E-state index in [1.54, 1.807) is 0 Å². The summed E-state index contributed by atoms with van der Waals surface area (Å²) in [6.45, 7) is 3.88. The molecule has 18 heavy (non-hydrogen) atoms. The zero-order chi connectivity index (χ0) is 13.2. The van der Waals surface area contributed by atoms with E-state index >= 15 is 0 Å². The highest BCUT2D eigenvalue weighted by atomic mass is 16.3. The third-order valence-electron chi connectivity index (χ3n) is 3.60. The van der Waals surface area contributed by atoms with Crippen molar-refractivity contribution in [3.05, 3.63) is 29.3 Å². The lowest BCUT2D eigenvalue weighted by atomic mass is 9.93. The van der Waals surface area contributed by atoms with E-state index in [1.807, 2.05) is 25.1 Å². The van der Waals surface area contributed by atoms with E-state index in [4.69, 9.17) is 5.73 Å². The first-order chi connectivity index (χ1) is 8.55. The fourth-order valence-electron chi connectivity index (χ4n) is 2.30. The van der Waals surface area contributed by atoms with Crippen LogP contribution in [0.5, 0.6) is 0 Å². The molecule has 96 valence electrons. The molecule has 0 atom stereocenters. The number of rotatable bonds is 2. The second kappa shape index (κ2) is 4.97. The van der Waals surface area contributed by atoms with Gasteiger partial charge in [0.15, 0.2) is 0 Å². The fraction of sp³-hybridized carbons (Fsp3) is 0.500. The van der Waals surface area contributed by atoms with Gasteiger partial charge in [-0.05, 0) is 37.5 Å². The zero-order valence-electron chi connectivity index (χ0n) is 10.7. The minimum atomic E-state index is -0.569. The van der Waals surface area contributed by atoms with Gasteiger partial charge in [0.05, 0.1) is 16.9 Å². The van der Waals surface area contributed by atoms with Crippen LogP contribution in [-0.2, 0) is 6.54 Å². The third-order valence-corrected chi connectivity index (χ3v) is 3.60. The molecular weight excluding hydrogens is 226 g/mol. The summed E-state index contributed by atoms with van der Waals surface area (Å²) in [7, 11) is 0. The van der Waals surface area contributed by atoms with Gasteiger partial charge in [0.1, 0.15) is 6.07 Å². The van der Waals surface area contributed by atoms with Crippen molar-refractivity contribution in [1.29, 1.82) is 5.26 Å². The van der Waals surface area contributed by atoms with Gasteiger partial charge in [-0.3, -0.25) is 0 Å². The number of nitriles is 1. The van der Waals surface area contributed by atoms with Crippen molar-refractivity contribution >= 4 is 5.69 Å². The highest BCUT2D eigenvalue weighted by molar-refractivity contribution is 5.60. The van der Waals surface area contributed by atoms with Crippen LogP contribution in [0.4, 0.5) is 5.69 Å². The summed E-state index contributed by atoms with van der Waals surface area (Å²) in [5, 5.41) is 19.1. The van der Waals surface area contributed by atoms with Crippen molar-refractivity contribution in [2.75, 3.05) is 18.0 Å². The molecule has 3 N–H and O–H groups in total. The highest BCUT2D eigenvalue weighted by Crippen LogP contribution is 2.28. The first-order valence-electron chi connectivity index (χ1n) is 6.26. The largest absolute Gasteiger partial charge is 0.390 e. The maximum Gasteiger partial charge on any atom is 0.101 e. The Balaban J connectivity index is 2.22. The lowest BCUT2D eigenvalue weighted by molar-refractivity contribution is 0.0351. The van der Waals surface area contributed by atoms with Crippen molar-refractivity contribution in [2.24, 2.45) is 5.73 Å². The molecule has 1 fully saturated rings. The number of anilines is 1. The molecule has 0 aliphatic carbocycles. The molecule has 0 radical (unpaired) electrons. The quantitative estimate of drug-likeness (QED) is 0.825. The number of aliphatic hydroxyl groups is 1. The Hall–Kier alpha value is -1.57. The topological polar surface area (TPSA) is 73.3 Å². The van der Waals surface area contributed by atoms with Crippen LogP contribution in [0.2, 0.25) is 0 Å². The van der Waals surface area contributed by atoms with E-state index in [-0.39, 0.29) is 0 Å². The molecule has 1 heterocycles. The number of benzene rings is 1. The molecule has 0 aromatic heterocycles. The van der Waals surface area contributed by atoms with Gasteiger partial charge in [-0.15, -0.1) is 0 Å². The summed E-state index contributed by atoms with van der Waals surface area (Å²) >= 11 is 0. The predicted molar refractivity (Wildman–Crippen MR) is 71.1 cm³/mol. The van der Waals surface area contributed by atoms with Crippen LogP contribution in [0.15, 0.2) is 18.2 Å². The van der Waals surface area contributed by atoms with Crippen LogP contribution in [0.25, 0.3) is 0 Å². The van der Waals surface area contributed by atoms with Gasteiger partial charge in [0.25, 0.3) is 0 Å². The molecule has 1 aliphatic rings. The van der Waals surface area contributed by atoms with E-state index in [0.29, 0.717) is 12.1 Å². The molecule has 4 heteroatoms. The van der Waals surface area contributed by atoms with Gasteiger partial charge < -0.3 is 15.7 Å². The molecule has 4 nitrogen and oxygen atoms in total. The number of piperidine rings is 1. The fourth-order valence-corrected chi connectivity index (χ4v) is 2.30. The number of nitrogens with zero attached hydrogens (tertiary/aromatic N) is 2. The van der Waals surface area contributed by atoms with Crippen molar-refractivity contribution < 1.29 is 5.11 Å². The normalized spacial score (nSPS) is 18.4. The zero-order valence-corrected chi connectivity index (χ0v) is 10.7. The Kier molecular flexibility index (Phi) is 3.55. The number of hydrogen-bond donors (Lipinski definition) is 2. The molecule has 2 rings (SSSR count). The van der Waals surface area contributed by atoms with E-state index in [9.17, 15) is 10.4 Å². The monoisotopic (exact) mass is 245 g/mol. The van der Waals surface area contributed by atoms with Gasteiger partial charge in [-0.1, -0.05) is 6.07 Å². The van der Waals surface area contributed by atoms with Gasteiger partial charge in [-0.25, -0.2) is 0 Å². The highest BCUT2D eigenvalue weighted by Gasteiger charge is 2.28. The lowest BCUT2D eigenvalue weighted by Gasteiger charge is -2.37.